The molecule has 0 bridgehead atoms. The highest BCUT2D eigenvalue weighted by Gasteiger charge is 2.26. The van der Waals surface area contributed by atoms with E-state index in [1.54, 1.807) is 15.9 Å². The standard InChI is InChI=1S/C23H22FN3O2/c24-20-9-4-8-19(16-20)22(28)25-12-14-26(15-13-25)23(29)21-10-5-11-27(21)17-18-6-2-1-3-7-18/h1-11,16H,12-15,17H2. The lowest BCUT2D eigenvalue weighted by atomic mass is 10.1. The second kappa shape index (κ2) is 8.31. The van der Waals surface area contributed by atoms with Gasteiger partial charge in [-0.1, -0.05) is 36.4 Å². The third kappa shape index (κ3) is 4.21. The highest BCUT2D eigenvalue weighted by molar-refractivity contribution is 5.95. The Balaban J connectivity index is 1.40. The number of amides is 2. The van der Waals surface area contributed by atoms with Crippen LogP contribution in [0.3, 0.4) is 0 Å². The largest absolute Gasteiger partial charge is 0.339 e. The number of nitrogens with zero attached hydrogens (tertiary/aromatic N) is 3. The third-order valence-corrected chi connectivity index (χ3v) is 5.17. The van der Waals surface area contributed by atoms with Gasteiger partial charge in [0.15, 0.2) is 0 Å². The number of hydrogen-bond donors (Lipinski definition) is 0. The molecule has 0 unspecified atom stereocenters. The van der Waals surface area contributed by atoms with Gasteiger partial charge < -0.3 is 14.4 Å². The highest BCUT2D eigenvalue weighted by atomic mass is 19.1. The Morgan fingerprint density at radius 2 is 1.48 bits per heavy atom. The molecule has 6 heteroatoms. The van der Waals surface area contributed by atoms with Crippen LogP contribution in [-0.4, -0.2) is 52.4 Å². The van der Waals surface area contributed by atoms with E-state index in [0.29, 0.717) is 44.0 Å². The lowest BCUT2D eigenvalue weighted by Gasteiger charge is -2.35. The zero-order chi connectivity index (χ0) is 20.2. The minimum atomic E-state index is -0.427. The molecule has 2 amide bonds. The Morgan fingerprint density at radius 1 is 0.793 bits per heavy atom. The fourth-order valence-electron chi connectivity index (χ4n) is 3.60. The van der Waals surface area contributed by atoms with Gasteiger partial charge in [0.05, 0.1) is 0 Å². The molecule has 29 heavy (non-hydrogen) atoms. The predicted octanol–water partition coefficient (Wildman–Crippen LogP) is 3.27. The van der Waals surface area contributed by atoms with E-state index < -0.39 is 5.82 Å². The molecule has 1 saturated heterocycles. The number of carbonyl (C=O) groups excluding carboxylic acids is 2. The first-order chi connectivity index (χ1) is 14.1. The van der Waals surface area contributed by atoms with Crippen LogP contribution in [0.25, 0.3) is 0 Å². The summed E-state index contributed by atoms with van der Waals surface area (Å²) in [5.41, 5.74) is 2.10. The predicted molar refractivity (Wildman–Crippen MR) is 108 cm³/mol. The fourth-order valence-corrected chi connectivity index (χ4v) is 3.60. The lowest BCUT2D eigenvalue weighted by molar-refractivity contribution is 0.0529. The molecule has 1 aromatic heterocycles. The van der Waals surface area contributed by atoms with Gasteiger partial charge in [-0.15, -0.1) is 0 Å². The summed E-state index contributed by atoms with van der Waals surface area (Å²) < 4.78 is 15.3. The number of piperazine rings is 1. The lowest BCUT2D eigenvalue weighted by Crippen LogP contribution is -2.50. The number of rotatable bonds is 4. The molecule has 0 spiro atoms. The molecule has 1 aliphatic rings. The van der Waals surface area contributed by atoms with E-state index in [4.69, 9.17) is 0 Å². The summed E-state index contributed by atoms with van der Waals surface area (Å²) in [4.78, 5) is 29.0. The first kappa shape index (κ1) is 18.9. The van der Waals surface area contributed by atoms with Crippen molar-refractivity contribution in [2.45, 2.75) is 6.54 Å². The minimum absolute atomic E-state index is 0.0382. The zero-order valence-corrected chi connectivity index (χ0v) is 16.0. The van der Waals surface area contributed by atoms with Crippen molar-refractivity contribution in [3.05, 3.63) is 95.6 Å². The van der Waals surface area contributed by atoms with Gasteiger partial charge in [-0.05, 0) is 35.9 Å². The summed E-state index contributed by atoms with van der Waals surface area (Å²) in [6.07, 6.45) is 1.91. The number of halogens is 1. The molecule has 0 atom stereocenters. The first-order valence-corrected chi connectivity index (χ1v) is 9.65. The highest BCUT2D eigenvalue weighted by Crippen LogP contribution is 2.14. The topological polar surface area (TPSA) is 45.6 Å². The molecular formula is C23H22FN3O2. The average molecular weight is 391 g/mol. The summed E-state index contributed by atoms with van der Waals surface area (Å²) in [7, 11) is 0. The van der Waals surface area contributed by atoms with Gasteiger partial charge in [-0.3, -0.25) is 9.59 Å². The van der Waals surface area contributed by atoms with Crippen LogP contribution in [0.4, 0.5) is 4.39 Å². The molecule has 2 heterocycles. The van der Waals surface area contributed by atoms with E-state index in [9.17, 15) is 14.0 Å². The quantitative estimate of drug-likeness (QED) is 0.685. The summed E-state index contributed by atoms with van der Waals surface area (Å²) >= 11 is 0. The Hall–Kier alpha value is -3.41. The van der Waals surface area contributed by atoms with Crippen molar-refractivity contribution in [2.24, 2.45) is 0 Å². The second-order valence-corrected chi connectivity index (χ2v) is 7.10. The van der Waals surface area contributed by atoms with E-state index in [1.807, 2.05) is 53.2 Å². The van der Waals surface area contributed by atoms with Crippen LogP contribution in [0.2, 0.25) is 0 Å². The maximum Gasteiger partial charge on any atom is 0.270 e. The van der Waals surface area contributed by atoms with Crippen LogP contribution in [0.5, 0.6) is 0 Å². The van der Waals surface area contributed by atoms with E-state index in [0.717, 1.165) is 5.56 Å². The molecular weight excluding hydrogens is 369 g/mol. The van der Waals surface area contributed by atoms with E-state index in [1.165, 1.54) is 18.2 Å². The number of carbonyl (C=O) groups is 2. The van der Waals surface area contributed by atoms with Crippen molar-refractivity contribution in [3.8, 4) is 0 Å². The molecule has 5 nitrogen and oxygen atoms in total. The normalized spacial score (nSPS) is 14.1. The van der Waals surface area contributed by atoms with Gasteiger partial charge in [-0.25, -0.2) is 4.39 Å². The van der Waals surface area contributed by atoms with Crippen molar-refractivity contribution in [1.29, 1.82) is 0 Å². The molecule has 148 valence electrons. The Kier molecular flexibility index (Phi) is 5.42. The van der Waals surface area contributed by atoms with Gasteiger partial charge in [0.1, 0.15) is 11.5 Å². The summed E-state index contributed by atoms with van der Waals surface area (Å²) in [6.45, 7) is 2.40. The van der Waals surface area contributed by atoms with Crippen molar-refractivity contribution in [1.82, 2.24) is 14.4 Å². The van der Waals surface area contributed by atoms with Crippen LogP contribution in [0.15, 0.2) is 72.9 Å². The summed E-state index contributed by atoms with van der Waals surface area (Å²) in [6, 6.07) is 19.4. The molecule has 0 N–H and O–H groups in total. The molecule has 0 saturated carbocycles. The summed E-state index contributed by atoms with van der Waals surface area (Å²) in [5.74, 6) is -0.670. The molecule has 4 rings (SSSR count). The van der Waals surface area contributed by atoms with Gasteiger partial charge in [0.25, 0.3) is 11.8 Å². The van der Waals surface area contributed by atoms with Gasteiger partial charge in [0.2, 0.25) is 0 Å². The van der Waals surface area contributed by atoms with Crippen LogP contribution >= 0.6 is 0 Å². The van der Waals surface area contributed by atoms with E-state index >= 15 is 0 Å². The smallest absolute Gasteiger partial charge is 0.270 e. The Morgan fingerprint density at radius 3 is 2.17 bits per heavy atom. The summed E-state index contributed by atoms with van der Waals surface area (Å²) in [5, 5.41) is 0. The van der Waals surface area contributed by atoms with Gasteiger partial charge in [-0.2, -0.15) is 0 Å². The minimum Gasteiger partial charge on any atom is -0.339 e. The van der Waals surface area contributed by atoms with Crippen LogP contribution in [-0.2, 0) is 6.54 Å². The van der Waals surface area contributed by atoms with Gasteiger partial charge in [0, 0.05) is 44.5 Å². The van der Waals surface area contributed by atoms with E-state index in [-0.39, 0.29) is 11.8 Å². The maximum absolute atomic E-state index is 13.4. The van der Waals surface area contributed by atoms with Crippen molar-refractivity contribution >= 4 is 11.8 Å². The number of benzene rings is 2. The van der Waals surface area contributed by atoms with Crippen molar-refractivity contribution < 1.29 is 14.0 Å². The number of aromatic nitrogens is 1. The number of hydrogen-bond acceptors (Lipinski definition) is 2. The van der Waals surface area contributed by atoms with Crippen LogP contribution < -0.4 is 0 Å². The molecule has 2 aromatic carbocycles. The zero-order valence-electron chi connectivity index (χ0n) is 16.0. The second-order valence-electron chi connectivity index (χ2n) is 7.10. The van der Waals surface area contributed by atoms with Crippen LogP contribution in [0.1, 0.15) is 26.4 Å². The maximum atomic E-state index is 13.4. The first-order valence-electron chi connectivity index (χ1n) is 9.65. The Bertz CT molecular complexity index is 1010. The molecule has 0 aliphatic carbocycles. The van der Waals surface area contributed by atoms with Crippen LogP contribution in [0, 0.1) is 5.82 Å². The monoisotopic (exact) mass is 391 g/mol. The van der Waals surface area contributed by atoms with E-state index in [2.05, 4.69) is 0 Å². The van der Waals surface area contributed by atoms with Crippen molar-refractivity contribution in [3.63, 3.8) is 0 Å². The molecule has 1 fully saturated rings. The van der Waals surface area contributed by atoms with Crippen molar-refractivity contribution in [2.75, 3.05) is 26.2 Å². The Labute approximate surface area is 169 Å². The molecule has 0 radical (unpaired) electrons. The van der Waals surface area contributed by atoms with Gasteiger partial charge >= 0.3 is 0 Å². The SMILES string of the molecule is O=C(c1cccc(F)c1)N1CCN(C(=O)c2cccn2Cc2ccccc2)CC1. The molecule has 1 aliphatic heterocycles. The third-order valence-electron chi connectivity index (χ3n) is 5.17. The fraction of sp³-hybridized carbons (Fsp3) is 0.217. The molecule has 3 aromatic rings. The average Bonchev–Trinajstić information content (AvgIpc) is 3.21.